The number of ether oxygens (including phenoxy) is 1. The van der Waals surface area contributed by atoms with Crippen LogP contribution in [0.5, 0.6) is 0 Å². The summed E-state index contributed by atoms with van der Waals surface area (Å²) in [5, 5.41) is 1.62. The summed E-state index contributed by atoms with van der Waals surface area (Å²) in [5.41, 5.74) is 0. The second kappa shape index (κ2) is 10.1. The molecule has 0 spiro atoms. The van der Waals surface area contributed by atoms with Crippen LogP contribution in [0.15, 0.2) is 12.2 Å². The van der Waals surface area contributed by atoms with Crippen LogP contribution in [0.3, 0.4) is 0 Å². The fourth-order valence-corrected chi connectivity index (χ4v) is 4.53. The molecule has 11 nitrogen and oxygen atoms in total. The smallest absolute Gasteiger partial charge is 0.343 e. The first-order valence-electron chi connectivity index (χ1n) is 10.2. The van der Waals surface area contributed by atoms with Gasteiger partial charge in [0.25, 0.3) is 23.6 Å². The van der Waals surface area contributed by atoms with E-state index in [1.165, 1.54) is 0 Å². The minimum atomic E-state index is -5.57. The van der Waals surface area contributed by atoms with Crippen LogP contribution in [0.1, 0.15) is 64.7 Å². The van der Waals surface area contributed by atoms with E-state index in [0.29, 0.717) is 12.8 Å². The summed E-state index contributed by atoms with van der Waals surface area (Å²) in [6.45, 7) is 2.11. The Labute approximate surface area is 179 Å². The number of carbonyl (C=O) groups is 5. The summed E-state index contributed by atoms with van der Waals surface area (Å²) in [7, 11) is -5.57. The lowest BCUT2D eigenvalue weighted by Crippen LogP contribution is -2.62. The maximum Gasteiger partial charge on any atom is 0.343 e. The molecule has 2 atom stereocenters. The number of nitrogens with one attached hydrogen (secondary N) is 1. The van der Waals surface area contributed by atoms with Gasteiger partial charge in [-0.15, -0.1) is 0 Å². The lowest BCUT2D eigenvalue weighted by Gasteiger charge is -2.31. The van der Waals surface area contributed by atoms with Gasteiger partial charge in [-0.3, -0.25) is 38.7 Å². The zero-order valence-electron chi connectivity index (χ0n) is 17.2. The quantitative estimate of drug-likeness (QED) is 0.184. The highest BCUT2D eigenvalue weighted by atomic mass is 32.2. The second-order valence-corrected chi connectivity index (χ2v) is 9.00. The average Bonchev–Trinajstić information content (AvgIpc) is 3.12. The average molecular weight is 458 g/mol. The Morgan fingerprint density at radius 3 is 2.06 bits per heavy atom. The van der Waals surface area contributed by atoms with Crippen LogP contribution in [-0.4, -0.2) is 58.4 Å². The fraction of sp³-hybridized carbons (Fsp3) is 0.632. The van der Waals surface area contributed by atoms with E-state index in [1.54, 1.807) is 5.32 Å². The van der Waals surface area contributed by atoms with Crippen molar-refractivity contribution in [3.63, 3.8) is 0 Å². The SMILES string of the molecule is CCCCCCCCCCC(=O)OC1(S(=O)(=O)O)C(=O)NC(=O)C1N1C(=O)C=CC1=O. The van der Waals surface area contributed by atoms with Crippen molar-refractivity contribution in [3.05, 3.63) is 12.2 Å². The van der Waals surface area contributed by atoms with Gasteiger partial charge in [-0.25, -0.2) is 0 Å². The number of imide groups is 2. The van der Waals surface area contributed by atoms with Gasteiger partial charge in [0.15, 0.2) is 6.04 Å². The number of hydrogen-bond donors (Lipinski definition) is 2. The van der Waals surface area contributed by atoms with Crippen LogP contribution in [0.25, 0.3) is 0 Å². The lowest BCUT2D eigenvalue weighted by molar-refractivity contribution is -0.165. The van der Waals surface area contributed by atoms with E-state index in [0.717, 1.165) is 50.7 Å². The molecule has 2 aliphatic heterocycles. The number of esters is 1. The van der Waals surface area contributed by atoms with Crippen molar-refractivity contribution >= 4 is 39.7 Å². The first-order valence-corrected chi connectivity index (χ1v) is 11.6. The molecular weight excluding hydrogens is 432 g/mol. The summed E-state index contributed by atoms with van der Waals surface area (Å²) < 4.78 is 38.8. The highest BCUT2D eigenvalue weighted by Gasteiger charge is 2.71. The number of rotatable bonds is 12. The Bertz CT molecular complexity index is 878. The summed E-state index contributed by atoms with van der Waals surface area (Å²) >= 11 is 0. The molecule has 1 saturated heterocycles. The molecule has 0 aromatic carbocycles. The fourth-order valence-electron chi connectivity index (χ4n) is 3.55. The third kappa shape index (κ3) is 5.18. The van der Waals surface area contributed by atoms with Gasteiger partial charge in [0, 0.05) is 18.6 Å². The number of unbranched alkanes of at least 4 members (excludes halogenated alkanes) is 7. The van der Waals surface area contributed by atoms with Gasteiger partial charge in [0.05, 0.1) is 0 Å². The molecule has 4 amide bonds. The van der Waals surface area contributed by atoms with Gasteiger partial charge in [-0.2, -0.15) is 8.42 Å². The third-order valence-electron chi connectivity index (χ3n) is 5.15. The standard InChI is InChI=1S/C19H26N2O9S/c1-2-3-4-5-6-7-8-9-10-15(24)30-19(31(27,28)29)16(17(25)20-18(19)26)21-13(22)11-12-14(21)23/h11-12,16H,2-10H2,1H3,(H,20,25,26)(H,27,28,29). The van der Waals surface area contributed by atoms with Crippen molar-refractivity contribution in [2.75, 3.05) is 0 Å². The van der Waals surface area contributed by atoms with Gasteiger partial charge in [-0.05, 0) is 6.42 Å². The molecule has 2 unspecified atom stereocenters. The zero-order valence-corrected chi connectivity index (χ0v) is 18.0. The number of hydrogen-bond acceptors (Lipinski definition) is 8. The van der Waals surface area contributed by atoms with E-state index in [9.17, 15) is 36.9 Å². The molecule has 2 rings (SSSR count). The van der Waals surface area contributed by atoms with Crippen LogP contribution in [0, 0.1) is 0 Å². The van der Waals surface area contributed by atoms with Gasteiger partial charge in [0.1, 0.15) is 0 Å². The Kier molecular flexibility index (Phi) is 8.07. The monoisotopic (exact) mass is 458 g/mol. The van der Waals surface area contributed by atoms with E-state index >= 15 is 0 Å². The van der Waals surface area contributed by atoms with E-state index in [1.807, 2.05) is 0 Å². The highest BCUT2D eigenvalue weighted by Crippen LogP contribution is 2.34. The van der Waals surface area contributed by atoms with Crippen LogP contribution in [0.2, 0.25) is 0 Å². The highest BCUT2D eigenvalue weighted by molar-refractivity contribution is 7.88. The summed E-state index contributed by atoms with van der Waals surface area (Å²) in [5.74, 6) is -6.36. The molecule has 12 heteroatoms. The van der Waals surface area contributed by atoms with Crippen molar-refractivity contribution in [3.8, 4) is 0 Å². The molecule has 172 valence electrons. The molecule has 1 fully saturated rings. The Balaban J connectivity index is 2.10. The molecule has 0 bridgehead atoms. The van der Waals surface area contributed by atoms with Crippen LogP contribution in [-0.2, 0) is 38.8 Å². The maximum atomic E-state index is 12.4. The molecule has 2 heterocycles. The molecule has 0 aromatic rings. The summed E-state index contributed by atoms with van der Waals surface area (Å²) in [6.07, 6.45) is 8.54. The molecule has 0 aliphatic carbocycles. The number of amides is 4. The molecule has 31 heavy (non-hydrogen) atoms. The lowest BCUT2D eigenvalue weighted by atomic mass is 10.1. The van der Waals surface area contributed by atoms with Crippen molar-refractivity contribution in [2.24, 2.45) is 0 Å². The maximum absolute atomic E-state index is 12.4. The van der Waals surface area contributed by atoms with Crippen molar-refractivity contribution in [2.45, 2.75) is 75.7 Å². The van der Waals surface area contributed by atoms with Gasteiger partial charge in [-0.1, -0.05) is 51.9 Å². The Morgan fingerprint density at radius 1 is 1.03 bits per heavy atom. The van der Waals surface area contributed by atoms with E-state index < -0.39 is 50.7 Å². The third-order valence-corrected chi connectivity index (χ3v) is 6.40. The van der Waals surface area contributed by atoms with Crippen LogP contribution >= 0.6 is 0 Å². The van der Waals surface area contributed by atoms with E-state index in [2.05, 4.69) is 6.92 Å². The van der Waals surface area contributed by atoms with Gasteiger partial charge < -0.3 is 4.74 Å². The van der Waals surface area contributed by atoms with Crippen LogP contribution in [0.4, 0.5) is 0 Å². The minimum Gasteiger partial charge on any atom is -0.427 e. The topological polar surface area (TPSA) is 164 Å². The van der Waals surface area contributed by atoms with Gasteiger partial charge in [0.2, 0.25) is 0 Å². The van der Waals surface area contributed by atoms with Crippen molar-refractivity contribution in [1.82, 2.24) is 10.2 Å². The number of carbonyl (C=O) groups excluding carboxylic acids is 5. The van der Waals surface area contributed by atoms with E-state index in [4.69, 9.17) is 4.74 Å². The van der Waals surface area contributed by atoms with Crippen molar-refractivity contribution < 1.29 is 41.7 Å². The summed E-state index contributed by atoms with van der Waals surface area (Å²) in [6, 6.07) is -2.38. The predicted molar refractivity (Wildman–Crippen MR) is 106 cm³/mol. The van der Waals surface area contributed by atoms with Gasteiger partial charge >= 0.3 is 21.0 Å². The normalized spacial score (nSPS) is 23.5. The minimum absolute atomic E-state index is 0.164. The largest absolute Gasteiger partial charge is 0.427 e. The first kappa shape index (κ1) is 24.7. The zero-order chi connectivity index (χ0) is 23.2. The molecule has 2 aliphatic rings. The van der Waals surface area contributed by atoms with Crippen molar-refractivity contribution in [1.29, 1.82) is 0 Å². The first-order chi connectivity index (χ1) is 14.6. The molecular formula is C19H26N2O9S. The second-order valence-electron chi connectivity index (χ2n) is 7.44. The molecule has 0 radical (unpaired) electrons. The molecule has 2 N–H and O–H groups in total. The Hall–Kier alpha value is -2.60. The van der Waals surface area contributed by atoms with E-state index in [-0.39, 0.29) is 11.3 Å². The molecule has 0 aromatic heterocycles. The van der Waals surface area contributed by atoms with Crippen LogP contribution < -0.4 is 5.32 Å². The summed E-state index contributed by atoms with van der Waals surface area (Å²) in [4.78, 5) is 57.6. The molecule has 0 saturated carbocycles. The number of nitrogens with zero attached hydrogens (tertiary/aromatic N) is 1. The Morgan fingerprint density at radius 2 is 1.55 bits per heavy atom. The predicted octanol–water partition coefficient (Wildman–Crippen LogP) is 0.595.